The van der Waals surface area contributed by atoms with E-state index in [-0.39, 0.29) is 0 Å². The van der Waals surface area contributed by atoms with E-state index in [2.05, 4.69) is 11.1 Å². The van der Waals surface area contributed by atoms with Gasteiger partial charge in [-0.25, -0.2) is 9.78 Å². The second-order valence-electron chi connectivity index (χ2n) is 6.16. The highest BCUT2D eigenvalue weighted by molar-refractivity contribution is 6.06. The van der Waals surface area contributed by atoms with Crippen molar-refractivity contribution in [2.24, 2.45) is 0 Å². The van der Waals surface area contributed by atoms with Crippen molar-refractivity contribution >= 4 is 27.8 Å². The highest BCUT2D eigenvalue weighted by atomic mass is 16.4. The summed E-state index contributed by atoms with van der Waals surface area (Å²) in [4.78, 5) is 20.2. The topological polar surface area (TPSA) is 66.0 Å². The van der Waals surface area contributed by atoms with Crippen molar-refractivity contribution in [3.05, 3.63) is 65.2 Å². The fourth-order valence-corrected chi connectivity index (χ4v) is 3.86. The van der Waals surface area contributed by atoms with Gasteiger partial charge in [-0.15, -0.1) is 0 Å². The van der Waals surface area contributed by atoms with Gasteiger partial charge in [-0.1, -0.05) is 36.4 Å². The molecule has 0 spiro atoms. The summed E-state index contributed by atoms with van der Waals surface area (Å²) < 4.78 is 0. The number of carboxylic acids is 1. The molecule has 0 saturated heterocycles. The molecule has 4 heteroatoms. The number of nitrogens with zero attached hydrogens (tertiary/aromatic N) is 1. The first-order valence-corrected chi connectivity index (χ1v) is 7.99. The van der Waals surface area contributed by atoms with Crippen LogP contribution >= 0.6 is 0 Å². The molecule has 0 aliphatic heterocycles. The number of aromatic nitrogens is 2. The van der Waals surface area contributed by atoms with Gasteiger partial charge in [0.25, 0.3) is 0 Å². The quantitative estimate of drug-likeness (QED) is 0.554. The van der Waals surface area contributed by atoms with Crippen LogP contribution in [0.25, 0.3) is 33.2 Å². The molecule has 5 rings (SSSR count). The third-order valence-corrected chi connectivity index (χ3v) is 4.88. The first-order chi connectivity index (χ1) is 11.7. The van der Waals surface area contributed by atoms with Crippen LogP contribution in [0.4, 0.5) is 0 Å². The molecule has 2 aromatic carbocycles. The molecule has 4 nitrogen and oxygen atoms in total. The van der Waals surface area contributed by atoms with Crippen molar-refractivity contribution in [1.82, 2.24) is 9.97 Å². The Morgan fingerprint density at radius 1 is 0.958 bits per heavy atom. The maximum Gasteiger partial charge on any atom is 0.336 e. The van der Waals surface area contributed by atoms with Crippen LogP contribution in [0.3, 0.4) is 0 Å². The highest BCUT2D eigenvalue weighted by Crippen LogP contribution is 2.39. The van der Waals surface area contributed by atoms with Crippen LogP contribution in [-0.2, 0) is 12.8 Å². The summed E-state index contributed by atoms with van der Waals surface area (Å²) in [6.07, 6.45) is 1.52. The van der Waals surface area contributed by atoms with Crippen LogP contribution in [0.1, 0.15) is 21.5 Å². The molecule has 2 N–H and O–H groups in total. The van der Waals surface area contributed by atoms with Crippen LogP contribution in [0.15, 0.2) is 48.5 Å². The lowest BCUT2D eigenvalue weighted by Gasteiger charge is -2.19. The summed E-state index contributed by atoms with van der Waals surface area (Å²) in [5.74, 6) is -0.885. The minimum atomic E-state index is -0.885. The van der Waals surface area contributed by atoms with Gasteiger partial charge < -0.3 is 10.1 Å². The Morgan fingerprint density at radius 3 is 2.50 bits per heavy atom. The molecule has 116 valence electrons. The summed E-state index contributed by atoms with van der Waals surface area (Å²) in [6, 6.07) is 15.7. The minimum absolute atomic E-state index is 0.389. The average molecular weight is 314 g/mol. The molecule has 0 amide bonds. The van der Waals surface area contributed by atoms with Gasteiger partial charge in [0.15, 0.2) is 0 Å². The van der Waals surface area contributed by atoms with Crippen LogP contribution < -0.4 is 0 Å². The third kappa shape index (κ3) is 1.68. The lowest BCUT2D eigenvalue weighted by molar-refractivity contribution is 0.0698. The molecule has 0 unspecified atom stereocenters. The fourth-order valence-electron chi connectivity index (χ4n) is 3.86. The number of carbonyl (C=O) groups is 1. The number of fused-ring (bicyclic) bond motifs is 6. The van der Waals surface area contributed by atoms with Gasteiger partial charge in [-0.3, -0.25) is 0 Å². The number of hydrogen-bond acceptors (Lipinski definition) is 2. The van der Waals surface area contributed by atoms with Gasteiger partial charge in [-0.2, -0.15) is 0 Å². The molecule has 1 aliphatic rings. The summed E-state index contributed by atoms with van der Waals surface area (Å²) in [6.45, 7) is 0. The summed E-state index contributed by atoms with van der Waals surface area (Å²) in [5.41, 5.74) is 5.99. The van der Waals surface area contributed by atoms with Gasteiger partial charge >= 0.3 is 5.97 Å². The second-order valence-corrected chi connectivity index (χ2v) is 6.16. The molecule has 0 fully saturated rings. The van der Waals surface area contributed by atoms with Crippen molar-refractivity contribution in [3.8, 4) is 11.4 Å². The van der Waals surface area contributed by atoms with E-state index in [1.54, 1.807) is 0 Å². The number of nitrogens with one attached hydrogen (secondary N) is 1. The molecule has 4 aromatic rings. The van der Waals surface area contributed by atoms with Crippen molar-refractivity contribution in [1.29, 1.82) is 0 Å². The number of hydrogen-bond donors (Lipinski definition) is 2. The van der Waals surface area contributed by atoms with E-state index < -0.39 is 5.97 Å². The van der Waals surface area contributed by atoms with Crippen LogP contribution in [0, 0.1) is 0 Å². The van der Waals surface area contributed by atoms with Gasteiger partial charge in [0.05, 0.1) is 22.5 Å². The number of H-pyrrole nitrogens is 1. The van der Waals surface area contributed by atoms with Gasteiger partial charge in [0.2, 0.25) is 0 Å². The maximum atomic E-state index is 11.9. The van der Waals surface area contributed by atoms with Gasteiger partial charge in [0.1, 0.15) is 0 Å². The second kappa shape index (κ2) is 4.68. The molecule has 0 radical (unpaired) electrons. The van der Waals surface area contributed by atoms with Gasteiger partial charge in [-0.05, 0) is 36.1 Å². The third-order valence-electron chi connectivity index (χ3n) is 4.88. The van der Waals surface area contributed by atoms with E-state index >= 15 is 0 Å². The molecule has 0 atom stereocenters. The van der Waals surface area contributed by atoms with E-state index in [1.807, 2.05) is 42.5 Å². The fraction of sp³-hybridized carbons (Fsp3) is 0.100. The highest BCUT2D eigenvalue weighted by Gasteiger charge is 2.27. The molecule has 0 saturated carbocycles. The number of aryl methyl sites for hydroxylation is 1. The van der Waals surface area contributed by atoms with E-state index in [9.17, 15) is 9.90 Å². The Morgan fingerprint density at radius 2 is 1.67 bits per heavy atom. The minimum Gasteiger partial charge on any atom is -0.478 e. The SMILES string of the molecule is O=C(O)c1c2c(nc3ccccc13)-c1[nH]c3ccccc3c1CC2. The number of aromatic amines is 1. The maximum absolute atomic E-state index is 11.9. The predicted molar refractivity (Wildman–Crippen MR) is 93.4 cm³/mol. The smallest absolute Gasteiger partial charge is 0.336 e. The zero-order chi connectivity index (χ0) is 16.3. The molecular formula is C20H14N2O2. The van der Waals surface area contributed by atoms with Crippen molar-refractivity contribution in [3.63, 3.8) is 0 Å². The first-order valence-electron chi connectivity index (χ1n) is 7.99. The molecule has 1 aliphatic carbocycles. The van der Waals surface area contributed by atoms with E-state index in [1.165, 1.54) is 10.9 Å². The van der Waals surface area contributed by atoms with Crippen molar-refractivity contribution < 1.29 is 9.90 Å². The zero-order valence-corrected chi connectivity index (χ0v) is 12.8. The van der Waals surface area contributed by atoms with Gasteiger partial charge in [0, 0.05) is 16.3 Å². The number of aromatic carboxylic acids is 1. The number of rotatable bonds is 1. The lowest BCUT2D eigenvalue weighted by atomic mass is 9.88. The van der Waals surface area contributed by atoms with Crippen LogP contribution in [0.5, 0.6) is 0 Å². The first kappa shape index (κ1) is 13.3. The average Bonchev–Trinajstić information content (AvgIpc) is 2.98. The Hall–Kier alpha value is -3.14. The standard InChI is InChI=1S/C20H14N2O2/c23-20(24)17-13-6-2-4-8-16(13)22-19-14(17)10-9-12-11-5-1-3-7-15(11)21-18(12)19/h1-8,21H,9-10H2,(H,23,24). The van der Waals surface area contributed by atoms with Crippen LogP contribution in [-0.4, -0.2) is 21.0 Å². The van der Waals surface area contributed by atoms with E-state index in [0.717, 1.165) is 34.4 Å². The van der Waals surface area contributed by atoms with Crippen LogP contribution in [0.2, 0.25) is 0 Å². The Balaban J connectivity index is 1.92. The zero-order valence-electron chi connectivity index (χ0n) is 12.8. The normalized spacial score (nSPS) is 13.0. The monoisotopic (exact) mass is 314 g/mol. The summed E-state index contributed by atoms with van der Waals surface area (Å²) >= 11 is 0. The van der Waals surface area contributed by atoms with Crippen molar-refractivity contribution in [2.75, 3.05) is 0 Å². The Labute approximate surface area is 137 Å². The number of pyridine rings is 1. The number of benzene rings is 2. The molecule has 2 heterocycles. The Bertz CT molecular complexity index is 1140. The summed E-state index contributed by atoms with van der Waals surface area (Å²) in [5, 5.41) is 11.7. The molecule has 24 heavy (non-hydrogen) atoms. The van der Waals surface area contributed by atoms with Crippen molar-refractivity contribution in [2.45, 2.75) is 12.8 Å². The molecule has 2 aromatic heterocycles. The van der Waals surface area contributed by atoms with E-state index in [4.69, 9.17) is 4.98 Å². The largest absolute Gasteiger partial charge is 0.478 e. The number of carboxylic acid groups (broad SMARTS) is 1. The number of para-hydroxylation sites is 2. The Kier molecular flexibility index (Phi) is 2.59. The van der Waals surface area contributed by atoms with E-state index in [0.29, 0.717) is 17.4 Å². The lowest BCUT2D eigenvalue weighted by Crippen LogP contribution is -2.12. The predicted octanol–water partition coefficient (Wildman–Crippen LogP) is 4.18. The summed E-state index contributed by atoms with van der Waals surface area (Å²) in [7, 11) is 0. The molecule has 0 bridgehead atoms. The molecular weight excluding hydrogens is 300 g/mol.